The van der Waals surface area contributed by atoms with Gasteiger partial charge < -0.3 is 20.1 Å². The molecule has 0 unspecified atom stereocenters. The fourth-order valence-electron chi connectivity index (χ4n) is 3.05. The quantitative estimate of drug-likeness (QED) is 0.634. The maximum absolute atomic E-state index is 13.1. The van der Waals surface area contributed by atoms with E-state index >= 15 is 0 Å². The number of sulfonamides is 1. The van der Waals surface area contributed by atoms with E-state index < -0.39 is 15.9 Å². The first-order chi connectivity index (χ1) is 14.9. The van der Waals surface area contributed by atoms with E-state index in [1.165, 1.54) is 16.4 Å². The Hall–Kier alpha value is -2.95. The van der Waals surface area contributed by atoms with E-state index in [2.05, 4.69) is 10.6 Å². The van der Waals surface area contributed by atoms with Crippen molar-refractivity contribution < 1.29 is 27.5 Å². The van der Waals surface area contributed by atoms with Gasteiger partial charge in [0.05, 0.1) is 26.4 Å². The van der Waals surface area contributed by atoms with Crippen LogP contribution in [-0.2, 0) is 19.6 Å². The number of ether oxygens (including phenoxy) is 2. The first-order valence-electron chi connectivity index (χ1n) is 9.89. The summed E-state index contributed by atoms with van der Waals surface area (Å²) < 4.78 is 38.3. The Labute approximate surface area is 181 Å². The number of amides is 2. The zero-order valence-corrected chi connectivity index (χ0v) is 18.0. The van der Waals surface area contributed by atoms with Gasteiger partial charge in [-0.3, -0.25) is 9.59 Å². The average Bonchev–Trinajstić information content (AvgIpc) is 2.79. The molecule has 0 bridgehead atoms. The SMILES string of the molecule is CCOc1ccc(NC(=O)CNC(=O)c2ccccc2)cc1S(=O)(=O)N1CCOCC1. The molecular weight excluding hydrogens is 422 g/mol. The minimum atomic E-state index is -3.83. The molecule has 9 nitrogen and oxygen atoms in total. The van der Waals surface area contributed by atoms with Gasteiger partial charge in [0.25, 0.3) is 5.91 Å². The maximum Gasteiger partial charge on any atom is 0.251 e. The number of carbonyl (C=O) groups excluding carboxylic acids is 2. The monoisotopic (exact) mass is 447 g/mol. The number of anilines is 1. The normalized spacial score (nSPS) is 14.6. The molecule has 0 aromatic heterocycles. The van der Waals surface area contributed by atoms with Gasteiger partial charge in [0.15, 0.2) is 0 Å². The van der Waals surface area contributed by atoms with Crippen LogP contribution in [0.15, 0.2) is 53.4 Å². The summed E-state index contributed by atoms with van der Waals surface area (Å²) in [4.78, 5) is 24.3. The van der Waals surface area contributed by atoms with E-state index in [9.17, 15) is 18.0 Å². The van der Waals surface area contributed by atoms with Gasteiger partial charge in [-0.1, -0.05) is 18.2 Å². The van der Waals surface area contributed by atoms with E-state index in [-0.39, 0.29) is 41.9 Å². The van der Waals surface area contributed by atoms with Crippen molar-refractivity contribution >= 4 is 27.5 Å². The molecular formula is C21H25N3O6S. The molecule has 0 atom stereocenters. The Morgan fingerprint density at radius 1 is 1.10 bits per heavy atom. The average molecular weight is 448 g/mol. The number of rotatable bonds is 8. The van der Waals surface area contributed by atoms with Crippen LogP contribution in [0, 0.1) is 0 Å². The third-order valence-electron chi connectivity index (χ3n) is 4.56. The van der Waals surface area contributed by atoms with Crippen LogP contribution in [0.4, 0.5) is 5.69 Å². The number of benzene rings is 2. The van der Waals surface area contributed by atoms with Crippen LogP contribution in [0.5, 0.6) is 5.75 Å². The molecule has 1 aliphatic rings. The third kappa shape index (κ3) is 5.81. The van der Waals surface area contributed by atoms with E-state index in [0.29, 0.717) is 25.4 Å². The predicted molar refractivity (Wildman–Crippen MR) is 115 cm³/mol. The fraction of sp³-hybridized carbons (Fsp3) is 0.333. The minimum Gasteiger partial charge on any atom is -0.492 e. The zero-order valence-electron chi connectivity index (χ0n) is 17.2. The van der Waals surface area contributed by atoms with E-state index in [4.69, 9.17) is 9.47 Å². The van der Waals surface area contributed by atoms with Gasteiger partial charge in [-0.15, -0.1) is 0 Å². The zero-order chi connectivity index (χ0) is 22.3. The van der Waals surface area contributed by atoms with Crippen molar-refractivity contribution in [2.24, 2.45) is 0 Å². The first kappa shape index (κ1) is 22.7. The molecule has 1 fully saturated rings. The summed E-state index contributed by atoms with van der Waals surface area (Å²) in [6, 6.07) is 13.0. The molecule has 31 heavy (non-hydrogen) atoms. The molecule has 2 N–H and O–H groups in total. The number of nitrogens with zero attached hydrogens (tertiary/aromatic N) is 1. The molecule has 0 saturated carbocycles. The summed E-state index contributed by atoms with van der Waals surface area (Å²) in [6.07, 6.45) is 0. The van der Waals surface area contributed by atoms with Crippen LogP contribution in [-0.4, -0.2) is 64.0 Å². The Morgan fingerprint density at radius 2 is 1.81 bits per heavy atom. The van der Waals surface area contributed by atoms with Gasteiger partial charge in [0, 0.05) is 24.3 Å². The standard InChI is InChI=1S/C21H25N3O6S/c1-2-30-18-9-8-17(14-19(18)31(27,28)24-10-12-29-13-11-24)23-20(25)15-22-21(26)16-6-4-3-5-7-16/h3-9,14H,2,10-13,15H2,1H3,(H,22,26)(H,23,25). The molecule has 2 aromatic rings. The molecule has 166 valence electrons. The van der Waals surface area contributed by atoms with Gasteiger partial charge in [-0.2, -0.15) is 4.31 Å². The molecule has 10 heteroatoms. The molecule has 3 rings (SSSR count). The summed E-state index contributed by atoms with van der Waals surface area (Å²) in [5.74, 6) is -0.648. The van der Waals surface area contributed by atoms with Crippen molar-refractivity contribution in [1.82, 2.24) is 9.62 Å². The molecule has 2 amide bonds. The van der Waals surface area contributed by atoms with E-state index in [1.807, 2.05) is 0 Å². The third-order valence-corrected chi connectivity index (χ3v) is 6.48. The highest BCUT2D eigenvalue weighted by Gasteiger charge is 2.29. The van der Waals surface area contributed by atoms with Crippen molar-refractivity contribution in [3.8, 4) is 5.75 Å². The van der Waals surface area contributed by atoms with Crippen molar-refractivity contribution in [1.29, 1.82) is 0 Å². The Kier molecular flexibility index (Phi) is 7.61. The van der Waals surface area contributed by atoms with Crippen molar-refractivity contribution in [2.75, 3.05) is 44.8 Å². The van der Waals surface area contributed by atoms with Gasteiger partial charge in [0.1, 0.15) is 10.6 Å². The van der Waals surface area contributed by atoms with Gasteiger partial charge in [-0.05, 0) is 37.3 Å². The molecule has 2 aromatic carbocycles. The highest BCUT2D eigenvalue weighted by atomic mass is 32.2. The Morgan fingerprint density at radius 3 is 2.48 bits per heavy atom. The highest BCUT2D eigenvalue weighted by Crippen LogP contribution is 2.30. The summed E-state index contributed by atoms with van der Waals surface area (Å²) in [5, 5.41) is 5.15. The van der Waals surface area contributed by atoms with Crippen molar-refractivity contribution in [3.63, 3.8) is 0 Å². The van der Waals surface area contributed by atoms with Crippen LogP contribution in [0.2, 0.25) is 0 Å². The topological polar surface area (TPSA) is 114 Å². The van der Waals surface area contributed by atoms with Crippen molar-refractivity contribution in [3.05, 3.63) is 54.1 Å². The van der Waals surface area contributed by atoms with Gasteiger partial charge in [-0.25, -0.2) is 8.42 Å². The molecule has 1 saturated heterocycles. The largest absolute Gasteiger partial charge is 0.492 e. The number of carbonyl (C=O) groups is 2. The Bertz CT molecular complexity index is 1020. The molecule has 1 aliphatic heterocycles. The highest BCUT2D eigenvalue weighted by molar-refractivity contribution is 7.89. The molecule has 0 radical (unpaired) electrons. The number of morpholine rings is 1. The smallest absolute Gasteiger partial charge is 0.251 e. The van der Waals surface area contributed by atoms with Crippen LogP contribution in [0.1, 0.15) is 17.3 Å². The Balaban J connectivity index is 1.72. The maximum atomic E-state index is 13.1. The second-order valence-electron chi connectivity index (χ2n) is 6.71. The van der Waals surface area contributed by atoms with Crippen LogP contribution < -0.4 is 15.4 Å². The molecule has 1 heterocycles. The van der Waals surface area contributed by atoms with E-state index in [0.717, 1.165) is 0 Å². The van der Waals surface area contributed by atoms with Crippen LogP contribution in [0.25, 0.3) is 0 Å². The summed E-state index contributed by atoms with van der Waals surface area (Å²) in [6.45, 7) is 2.93. The first-order valence-corrected chi connectivity index (χ1v) is 11.3. The number of hydrogen-bond donors (Lipinski definition) is 2. The van der Waals surface area contributed by atoms with Gasteiger partial charge >= 0.3 is 0 Å². The second-order valence-corrected chi connectivity index (χ2v) is 8.61. The fourth-order valence-corrected chi connectivity index (χ4v) is 4.61. The number of hydrogen-bond acceptors (Lipinski definition) is 6. The molecule has 0 spiro atoms. The lowest BCUT2D eigenvalue weighted by molar-refractivity contribution is -0.115. The predicted octanol–water partition coefficient (Wildman–Crippen LogP) is 1.47. The minimum absolute atomic E-state index is 0.0256. The lowest BCUT2D eigenvalue weighted by Crippen LogP contribution is -2.40. The molecule has 0 aliphatic carbocycles. The lowest BCUT2D eigenvalue weighted by Gasteiger charge is -2.27. The summed E-state index contributed by atoms with van der Waals surface area (Å²) in [7, 11) is -3.83. The summed E-state index contributed by atoms with van der Waals surface area (Å²) in [5.41, 5.74) is 0.726. The summed E-state index contributed by atoms with van der Waals surface area (Å²) >= 11 is 0. The second kappa shape index (κ2) is 10.4. The van der Waals surface area contributed by atoms with Crippen molar-refractivity contribution in [2.45, 2.75) is 11.8 Å². The van der Waals surface area contributed by atoms with Gasteiger partial charge in [0.2, 0.25) is 15.9 Å². The lowest BCUT2D eigenvalue weighted by atomic mass is 10.2. The number of nitrogens with one attached hydrogen (secondary N) is 2. The van der Waals surface area contributed by atoms with E-state index in [1.54, 1.807) is 43.3 Å². The van der Waals surface area contributed by atoms with Crippen LogP contribution >= 0.6 is 0 Å². The van der Waals surface area contributed by atoms with Crippen LogP contribution in [0.3, 0.4) is 0 Å².